The van der Waals surface area contributed by atoms with Crippen LogP contribution in [0.3, 0.4) is 0 Å². The van der Waals surface area contributed by atoms with Crippen LogP contribution in [0.2, 0.25) is 0 Å². The second kappa shape index (κ2) is 10.8. The van der Waals surface area contributed by atoms with Crippen LogP contribution in [0, 0.1) is 0 Å². The van der Waals surface area contributed by atoms with E-state index >= 15 is 0 Å². The number of hydrogen-bond acceptors (Lipinski definition) is 6. The Labute approximate surface area is 214 Å². The van der Waals surface area contributed by atoms with Crippen LogP contribution in [-0.2, 0) is 32.3 Å². The molecule has 194 valence electrons. The normalized spacial score (nSPS) is 18.5. The van der Waals surface area contributed by atoms with Gasteiger partial charge in [-0.15, -0.1) is 0 Å². The van der Waals surface area contributed by atoms with E-state index in [4.69, 9.17) is 4.74 Å². The zero-order valence-corrected chi connectivity index (χ0v) is 22.3. The van der Waals surface area contributed by atoms with Crippen LogP contribution in [0.5, 0.6) is 0 Å². The maximum Gasteiger partial charge on any atom is 0.254 e. The highest BCUT2D eigenvalue weighted by Crippen LogP contribution is 2.29. The van der Waals surface area contributed by atoms with Crippen LogP contribution in [0.1, 0.15) is 48.2 Å². The summed E-state index contributed by atoms with van der Waals surface area (Å²) < 4.78 is 28.7. The maximum atomic E-state index is 13.2. The first-order valence-electron chi connectivity index (χ1n) is 12.7. The van der Waals surface area contributed by atoms with Gasteiger partial charge in [0, 0.05) is 51.0 Å². The average molecular weight is 513 g/mol. The summed E-state index contributed by atoms with van der Waals surface area (Å²) >= 11 is 0. The van der Waals surface area contributed by atoms with Gasteiger partial charge < -0.3 is 9.64 Å². The van der Waals surface area contributed by atoms with Crippen molar-refractivity contribution in [2.24, 2.45) is 0 Å². The van der Waals surface area contributed by atoms with Crippen molar-refractivity contribution in [3.63, 3.8) is 0 Å². The van der Waals surface area contributed by atoms with Crippen molar-refractivity contribution < 1.29 is 22.7 Å². The molecule has 36 heavy (non-hydrogen) atoms. The van der Waals surface area contributed by atoms with Crippen LogP contribution >= 0.6 is 0 Å². The lowest BCUT2D eigenvalue weighted by atomic mass is 9.93. The number of nitrogens with zero attached hydrogens (tertiary/aromatic N) is 2. The molecule has 1 amide bonds. The summed E-state index contributed by atoms with van der Waals surface area (Å²) in [6.45, 7) is 8.31. The SMILES string of the molecule is CCC(=O)[C@@](C)(CCN1CCc2cc(-c3ccc(CN4CCOCC4)cc3)ccc2C1=O)S(C)(=O)=O. The number of carbonyl (C=O) groups is 2. The monoisotopic (exact) mass is 512 g/mol. The van der Waals surface area contributed by atoms with E-state index in [0.717, 1.165) is 55.8 Å². The Morgan fingerprint density at radius 2 is 1.69 bits per heavy atom. The Bertz CT molecular complexity index is 1220. The third kappa shape index (κ3) is 5.56. The van der Waals surface area contributed by atoms with Gasteiger partial charge in [0.2, 0.25) is 0 Å². The second-order valence-corrected chi connectivity index (χ2v) is 12.5. The predicted octanol–water partition coefficient (Wildman–Crippen LogP) is 3.36. The smallest absolute Gasteiger partial charge is 0.254 e. The highest BCUT2D eigenvalue weighted by Gasteiger charge is 2.42. The van der Waals surface area contributed by atoms with Gasteiger partial charge in [0.25, 0.3) is 5.91 Å². The van der Waals surface area contributed by atoms with E-state index in [1.807, 2.05) is 12.1 Å². The van der Waals surface area contributed by atoms with Gasteiger partial charge in [-0.25, -0.2) is 8.42 Å². The van der Waals surface area contributed by atoms with Crippen LogP contribution in [-0.4, -0.2) is 80.3 Å². The molecule has 1 saturated heterocycles. The molecule has 0 aliphatic carbocycles. The lowest BCUT2D eigenvalue weighted by molar-refractivity contribution is -0.121. The fourth-order valence-corrected chi connectivity index (χ4v) is 6.02. The molecule has 2 heterocycles. The van der Waals surface area contributed by atoms with E-state index in [1.54, 1.807) is 11.8 Å². The summed E-state index contributed by atoms with van der Waals surface area (Å²) in [5.41, 5.74) is 5.11. The molecule has 4 rings (SSSR count). The summed E-state index contributed by atoms with van der Waals surface area (Å²) in [6, 6.07) is 14.5. The Hall–Kier alpha value is -2.55. The molecule has 1 fully saturated rings. The lowest BCUT2D eigenvalue weighted by Crippen LogP contribution is -2.47. The minimum atomic E-state index is -3.60. The fraction of sp³-hybridized carbons (Fsp3) is 0.500. The van der Waals surface area contributed by atoms with Gasteiger partial charge in [0.05, 0.1) is 13.2 Å². The molecule has 0 saturated carbocycles. The number of benzene rings is 2. The standard InChI is InChI=1S/C28H36N2O5S/c1-4-26(31)28(2,36(3,33)34)12-14-30-13-11-24-19-23(9-10-25(24)27(30)32)22-7-5-21(6-8-22)20-29-15-17-35-18-16-29/h5-10,19H,4,11-18,20H2,1-3H3/t28-/m1/s1. The third-order valence-electron chi connectivity index (χ3n) is 7.66. The highest BCUT2D eigenvalue weighted by atomic mass is 32.2. The molecule has 2 aromatic rings. The molecule has 8 heteroatoms. The number of amides is 1. The topological polar surface area (TPSA) is 84.0 Å². The van der Waals surface area contributed by atoms with Crippen molar-refractivity contribution in [2.45, 2.75) is 44.4 Å². The largest absolute Gasteiger partial charge is 0.379 e. The van der Waals surface area contributed by atoms with Crippen molar-refractivity contribution >= 4 is 21.5 Å². The number of sulfone groups is 1. The highest BCUT2D eigenvalue weighted by molar-refractivity contribution is 7.92. The number of ketones is 1. The molecule has 0 spiro atoms. The molecule has 1 atom stereocenters. The van der Waals surface area contributed by atoms with Gasteiger partial charge in [-0.3, -0.25) is 14.5 Å². The Balaban J connectivity index is 1.44. The molecular formula is C28H36N2O5S. The van der Waals surface area contributed by atoms with Gasteiger partial charge in [0.1, 0.15) is 4.75 Å². The van der Waals surface area contributed by atoms with Crippen molar-refractivity contribution in [2.75, 3.05) is 45.6 Å². The summed E-state index contributed by atoms with van der Waals surface area (Å²) in [5.74, 6) is -0.418. The zero-order valence-electron chi connectivity index (χ0n) is 21.5. The minimum absolute atomic E-state index is 0.106. The molecule has 0 radical (unpaired) electrons. The van der Waals surface area contributed by atoms with E-state index < -0.39 is 14.6 Å². The first-order chi connectivity index (χ1) is 17.1. The quantitative estimate of drug-likeness (QED) is 0.512. The molecule has 0 N–H and O–H groups in total. The number of hydrogen-bond donors (Lipinski definition) is 0. The van der Waals surface area contributed by atoms with E-state index in [1.165, 1.54) is 12.5 Å². The zero-order chi connectivity index (χ0) is 25.9. The van der Waals surface area contributed by atoms with E-state index in [2.05, 4.69) is 35.2 Å². The number of carbonyl (C=O) groups excluding carboxylic acids is 2. The van der Waals surface area contributed by atoms with E-state index in [9.17, 15) is 18.0 Å². The Kier molecular flexibility index (Phi) is 7.97. The first kappa shape index (κ1) is 26.5. The van der Waals surface area contributed by atoms with Crippen LogP contribution in [0.25, 0.3) is 11.1 Å². The summed E-state index contributed by atoms with van der Waals surface area (Å²) in [4.78, 5) is 29.7. The van der Waals surface area contributed by atoms with Gasteiger partial charge in [-0.05, 0) is 48.1 Å². The molecule has 0 bridgehead atoms. The Morgan fingerprint density at radius 1 is 1.03 bits per heavy atom. The van der Waals surface area contributed by atoms with Crippen LogP contribution in [0.4, 0.5) is 0 Å². The minimum Gasteiger partial charge on any atom is -0.379 e. The number of ether oxygens (including phenoxy) is 1. The van der Waals surface area contributed by atoms with Gasteiger partial charge >= 0.3 is 0 Å². The molecule has 7 nitrogen and oxygen atoms in total. The number of Topliss-reactive ketones (excluding diaryl/α,β-unsaturated/α-hetero) is 1. The molecule has 2 aliphatic heterocycles. The van der Waals surface area contributed by atoms with Crippen molar-refractivity contribution in [3.8, 4) is 11.1 Å². The molecule has 0 aromatic heterocycles. The Morgan fingerprint density at radius 3 is 2.33 bits per heavy atom. The van der Waals surface area contributed by atoms with E-state index in [-0.39, 0.29) is 31.1 Å². The van der Waals surface area contributed by atoms with Gasteiger partial charge in [-0.1, -0.05) is 43.3 Å². The average Bonchev–Trinajstić information content (AvgIpc) is 2.88. The molecule has 0 unspecified atom stereocenters. The van der Waals surface area contributed by atoms with Crippen LogP contribution < -0.4 is 0 Å². The number of morpholine rings is 1. The predicted molar refractivity (Wildman–Crippen MR) is 141 cm³/mol. The number of rotatable bonds is 9. The van der Waals surface area contributed by atoms with Crippen molar-refractivity contribution in [3.05, 3.63) is 59.2 Å². The lowest BCUT2D eigenvalue weighted by Gasteiger charge is -2.33. The number of fused-ring (bicyclic) bond motifs is 1. The fourth-order valence-electron chi connectivity index (χ4n) is 5.00. The summed E-state index contributed by atoms with van der Waals surface area (Å²) in [7, 11) is -3.60. The third-order valence-corrected chi connectivity index (χ3v) is 9.73. The molecular weight excluding hydrogens is 476 g/mol. The maximum absolute atomic E-state index is 13.2. The summed E-state index contributed by atoms with van der Waals surface area (Å²) in [6.07, 6.45) is 2.05. The van der Waals surface area contributed by atoms with Crippen molar-refractivity contribution in [1.82, 2.24) is 9.80 Å². The van der Waals surface area contributed by atoms with Crippen molar-refractivity contribution in [1.29, 1.82) is 0 Å². The molecule has 2 aromatic carbocycles. The second-order valence-electron chi connectivity index (χ2n) is 10.0. The molecule has 2 aliphatic rings. The van der Waals surface area contributed by atoms with Crippen LogP contribution in [0.15, 0.2) is 42.5 Å². The van der Waals surface area contributed by atoms with E-state index in [0.29, 0.717) is 18.5 Å². The van der Waals surface area contributed by atoms with Gasteiger partial charge in [0.15, 0.2) is 15.6 Å². The first-order valence-corrected chi connectivity index (χ1v) is 14.6. The van der Waals surface area contributed by atoms with Gasteiger partial charge in [-0.2, -0.15) is 0 Å². The summed E-state index contributed by atoms with van der Waals surface area (Å²) in [5, 5.41) is 0.